The number of rotatable bonds is 5. The zero-order valence-electron chi connectivity index (χ0n) is 14.7. The number of piperazine rings is 1. The SMILES string of the molecule is CC(=O)c1ccc(N2CCN(CC(=O)Nc3ccc(Cl)cc3)CC2)cc1. The lowest BCUT2D eigenvalue weighted by atomic mass is 10.1. The molecule has 1 aliphatic rings. The maximum Gasteiger partial charge on any atom is 0.238 e. The summed E-state index contributed by atoms with van der Waals surface area (Å²) in [5.74, 6) is 0.0552. The first kappa shape index (κ1) is 18.4. The lowest BCUT2D eigenvalue weighted by molar-refractivity contribution is -0.117. The van der Waals surface area contributed by atoms with E-state index in [1.54, 1.807) is 31.2 Å². The van der Waals surface area contributed by atoms with E-state index in [-0.39, 0.29) is 11.7 Å². The normalized spacial score (nSPS) is 14.9. The molecule has 1 amide bonds. The molecule has 0 saturated carbocycles. The first-order valence-corrected chi connectivity index (χ1v) is 9.03. The molecule has 1 saturated heterocycles. The summed E-state index contributed by atoms with van der Waals surface area (Å²) < 4.78 is 0. The topological polar surface area (TPSA) is 52.7 Å². The minimum atomic E-state index is -0.0217. The molecule has 0 radical (unpaired) electrons. The fourth-order valence-corrected chi connectivity index (χ4v) is 3.13. The van der Waals surface area contributed by atoms with Crippen LogP contribution in [0, 0.1) is 0 Å². The average molecular weight is 372 g/mol. The van der Waals surface area contributed by atoms with E-state index in [0.29, 0.717) is 11.6 Å². The zero-order chi connectivity index (χ0) is 18.5. The third-order valence-corrected chi connectivity index (χ3v) is 4.76. The number of hydrogen-bond acceptors (Lipinski definition) is 4. The van der Waals surface area contributed by atoms with E-state index in [0.717, 1.165) is 43.1 Å². The Hall–Kier alpha value is -2.37. The van der Waals surface area contributed by atoms with Gasteiger partial charge in [-0.05, 0) is 55.5 Å². The van der Waals surface area contributed by atoms with Gasteiger partial charge in [0.05, 0.1) is 6.54 Å². The highest BCUT2D eigenvalue weighted by atomic mass is 35.5. The smallest absolute Gasteiger partial charge is 0.238 e. The van der Waals surface area contributed by atoms with Crippen LogP contribution in [0.15, 0.2) is 48.5 Å². The van der Waals surface area contributed by atoms with E-state index < -0.39 is 0 Å². The fourth-order valence-electron chi connectivity index (χ4n) is 3.01. The highest BCUT2D eigenvalue weighted by molar-refractivity contribution is 6.30. The van der Waals surface area contributed by atoms with Crippen LogP contribution in [0.1, 0.15) is 17.3 Å². The van der Waals surface area contributed by atoms with Crippen molar-refractivity contribution in [2.24, 2.45) is 0 Å². The van der Waals surface area contributed by atoms with E-state index in [1.807, 2.05) is 24.3 Å². The van der Waals surface area contributed by atoms with Gasteiger partial charge in [0.2, 0.25) is 5.91 Å². The summed E-state index contributed by atoms with van der Waals surface area (Å²) in [4.78, 5) is 28.0. The summed E-state index contributed by atoms with van der Waals surface area (Å²) in [7, 11) is 0. The number of hydrogen-bond donors (Lipinski definition) is 1. The third kappa shape index (κ3) is 4.84. The van der Waals surface area contributed by atoms with Crippen molar-refractivity contribution in [3.05, 3.63) is 59.1 Å². The Morgan fingerprint density at radius 1 is 0.962 bits per heavy atom. The first-order chi connectivity index (χ1) is 12.5. The summed E-state index contributed by atoms with van der Waals surface area (Å²) in [6, 6.07) is 14.8. The number of benzene rings is 2. The Morgan fingerprint density at radius 3 is 2.15 bits per heavy atom. The predicted octanol–water partition coefficient (Wildman–Crippen LogP) is 3.30. The summed E-state index contributed by atoms with van der Waals surface area (Å²) in [5.41, 5.74) is 2.59. The second-order valence-electron chi connectivity index (χ2n) is 6.42. The van der Waals surface area contributed by atoms with Crippen molar-refractivity contribution in [1.29, 1.82) is 0 Å². The quantitative estimate of drug-likeness (QED) is 0.819. The van der Waals surface area contributed by atoms with Gasteiger partial charge in [0.1, 0.15) is 0 Å². The molecule has 136 valence electrons. The Labute approximate surface area is 158 Å². The maximum atomic E-state index is 12.2. The first-order valence-electron chi connectivity index (χ1n) is 8.65. The van der Waals surface area contributed by atoms with Crippen LogP contribution in [0.2, 0.25) is 5.02 Å². The number of anilines is 2. The monoisotopic (exact) mass is 371 g/mol. The molecule has 3 rings (SSSR count). The standard InChI is InChI=1S/C20H22ClN3O2/c1-15(25)16-2-8-19(9-3-16)24-12-10-23(11-13-24)14-20(26)22-18-6-4-17(21)5-7-18/h2-9H,10-14H2,1H3,(H,22,26). The molecule has 5 nitrogen and oxygen atoms in total. The van der Waals surface area contributed by atoms with E-state index in [1.165, 1.54) is 0 Å². The highest BCUT2D eigenvalue weighted by Crippen LogP contribution is 2.18. The Morgan fingerprint density at radius 2 is 1.58 bits per heavy atom. The van der Waals surface area contributed by atoms with Gasteiger partial charge in [-0.15, -0.1) is 0 Å². The van der Waals surface area contributed by atoms with Crippen molar-refractivity contribution in [2.45, 2.75) is 6.92 Å². The molecule has 1 heterocycles. The minimum absolute atomic E-state index is 0.0217. The number of nitrogens with zero attached hydrogens (tertiary/aromatic N) is 2. The van der Waals surface area contributed by atoms with E-state index in [2.05, 4.69) is 15.1 Å². The van der Waals surface area contributed by atoms with Gasteiger partial charge in [-0.1, -0.05) is 11.6 Å². The van der Waals surface area contributed by atoms with Crippen LogP contribution in [-0.2, 0) is 4.79 Å². The molecule has 1 N–H and O–H groups in total. The maximum absolute atomic E-state index is 12.2. The number of halogens is 1. The van der Waals surface area contributed by atoms with E-state index in [9.17, 15) is 9.59 Å². The molecule has 6 heteroatoms. The summed E-state index contributed by atoms with van der Waals surface area (Å²) >= 11 is 5.85. The molecule has 0 unspecified atom stereocenters. The Bertz CT molecular complexity index is 767. The van der Waals surface area contributed by atoms with Gasteiger partial charge in [-0.2, -0.15) is 0 Å². The van der Waals surface area contributed by atoms with Crippen LogP contribution >= 0.6 is 11.6 Å². The van der Waals surface area contributed by atoms with Gasteiger partial charge in [-0.3, -0.25) is 14.5 Å². The van der Waals surface area contributed by atoms with Crippen molar-refractivity contribution in [1.82, 2.24) is 4.90 Å². The van der Waals surface area contributed by atoms with E-state index in [4.69, 9.17) is 11.6 Å². The third-order valence-electron chi connectivity index (χ3n) is 4.51. The minimum Gasteiger partial charge on any atom is -0.369 e. The van der Waals surface area contributed by atoms with Gasteiger partial charge >= 0.3 is 0 Å². The predicted molar refractivity (Wildman–Crippen MR) is 105 cm³/mol. The largest absolute Gasteiger partial charge is 0.369 e. The van der Waals surface area contributed by atoms with Crippen molar-refractivity contribution in [2.75, 3.05) is 42.9 Å². The van der Waals surface area contributed by atoms with Gasteiger partial charge in [0.15, 0.2) is 5.78 Å². The van der Waals surface area contributed by atoms with Crippen LogP contribution in [-0.4, -0.2) is 49.3 Å². The fraction of sp³-hybridized carbons (Fsp3) is 0.300. The van der Waals surface area contributed by atoms with Gasteiger partial charge < -0.3 is 10.2 Å². The molecule has 0 aliphatic carbocycles. The molecule has 1 aliphatic heterocycles. The van der Waals surface area contributed by atoms with E-state index >= 15 is 0 Å². The van der Waals surface area contributed by atoms with Gasteiger partial charge in [0, 0.05) is 48.1 Å². The number of carbonyl (C=O) groups excluding carboxylic acids is 2. The lowest BCUT2D eigenvalue weighted by Gasteiger charge is -2.35. The number of carbonyl (C=O) groups is 2. The number of nitrogens with one attached hydrogen (secondary N) is 1. The van der Waals surface area contributed by atoms with Crippen molar-refractivity contribution < 1.29 is 9.59 Å². The van der Waals surface area contributed by atoms with Crippen molar-refractivity contribution >= 4 is 34.7 Å². The van der Waals surface area contributed by atoms with Gasteiger partial charge in [0.25, 0.3) is 0 Å². The number of amides is 1. The highest BCUT2D eigenvalue weighted by Gasteiger charge is 2.19. The summed E-state index contributed by atoms with van der Waals surface area (Å²) in [6.45, 7) is 5.30. The van der Waals surface area contributed by atoms with Crippen LogP contribution < -0.4 is 10.2 Å². The molecule has 0 aromatic heterocycles. The summed E-state index contributed by atoms with van der Waals surface area (Å²) in [5, 5.41) is 3.54. The molecule has 0 bridgehead atoms. The lowest BCUT2D eigenvalue weighted by Crippen LogP contribution is -2.48. The average Bonchev–Trinajstić information content (AvgIpc) is 2.64. The van der Waals surface area contributed by atoms with Crippen LogP contribution in [0.25, 0.3) is 0 Å². The second kappa shape index (κ2) is 8.34. The van der Waals surface area contributed by atoms with Gasteiger partial charge in [-0.25, -0.2) is 0 Å². The zero-order valence-corrected chi connectivity index (χ0v) is 15.5. The number of ketones is 1. The molecule has 0 spiro atoms. The molecule has 0 atom stereocenters. The van der Waals surface area contributed by atoms with Crippen LogP contribution in [0.4, 0.5) is 11.4 Å². The van der Waals surface area contributed by atoms with Crippen molar-refractivity contribution in [3.63, 3.8) is 0 Å². The molecule has 26 heavy (non-hydrogen) atoms. The number of Topliss-reactive ketones (excluding diaryl/α,β-unsaturated/α-hetero) is 1. The molecule has 1 fully saturated rings. The molecule has 2 aromatic carbocycles. The van der Waals surface area contributed by atoms with Crippen molar-refractivity contribution in [3.8, 4) is 0 Å². The molecular formula is C20H22ClN3O2. The molecule has 2 aromatic rings. The molecular weight excluding hydrogens is 350 g/mol. The Kier molecular flexibility index (Phi) is 5.91. The summed E-state index contributed by atoms with van der Waals surface area (Å²) in [6.07, 6.45) is 0. The van der Waals surface area contributed by atoms with Crippen LogP contribution in [0.5, 0.6) is 0 Å². The van der Waals surface area contributed by atoms with Crippen LogP contribution in [0.3, 0.4) is 0 Å². The Balaban J connectivity index is 1.48. The second-order valence-corrected chi connectivity index (χ2v) is 6.86.